The number of rotatable bonds is 9. The summed E-state index contributed by atoms with van der Waals surface area (Å²) in [6.45, 7) is 0. The Morgan fingerprint density at radius 2 is 0.457 bits per heavy atom. The van der Waals surface area contributed by atoms with Gasteiger partial charge in [-0.15, -0.1) is 0 Å². The first kappa shape index (κ1) is 67.2. The first-order chi connectivity index (χ1) is 57.4. The fraction of sp³-hybridized carbons (Fsp3) is 0.0185. The van der Waals surface area contributed by atoms with Crippen LogP contribution in [-0.4, -0.2) is 29.9 Å². The molecule has 17 aromatic carbocycles. The van der Waals surface area contributed by atoms with Crippen LogP contribution in [0.2, 0.25) is 0 Å². The number of hydrogen-bond donors (Lipinski definition) is 0. The molecular formula is C108H64N8. The van der Waals surface area contributed by atoms with Crippen molar-refractivity contribution < 1.29 is 0 Å². The van der Waals surface area contributed by atoms with Gasteiger partial charge in [0.25, 0.3) is 0 Å². The Bertz CT molecular complexity index is 7140. The van der Waals surface area contributed by atoms with Crippen molar-refractivity contribution in [3.8, 4) is 158 Å². The molecule has 536 valence electrons. The maximum absolute atomic E-state index is 10.6. The average Bonchev–Trinajstić information content (AvgIpc) is 1.50. The monoisotopic (exact) mass is 1470 g/mol. The Balaban J connectivity index is 0.000000141. The third-order valence-corrected chi connectivity index (χ3v) is 23.8. The molecule has 116 heavy (non-hydrogen) atoms. The fourth-order valence-corrected chi connectivity index (χ4v) is 19.1. The van der Waals surface area contributed by atoms with Gasteiger partial charge in [0.15, 0.2) is 34.9 Å². The topological polar surface area (TPSA) is 125 Å². The van der Waals surface area contributed by atoms with Crippen molar-refractivity contribution in [1.82, 2.24) is 29.9 Å². The quantitative estimate of drug-likeness (QED) is 0.140. The van der Waals surface area contributed by atoms with E-state index in [1.807, 2.05) is 158 Å². The smallest absolute Gasteiger partial charge is 0.164 e. The molecule has 8 heteroatoms. The number of aromatic nitrogens is 6. The molecule has 0 atom stereocenters. The lowest BCUT2D eigenvalue weighted by Crippen LogP contribution is -2.26. The number of hydrogen-bond acceptors (Lipinski definition) is 8. The van der Waals surface area contributed by atoms with E-state index in [4.69, 9.17) is 29.9 Å². The van der Waals surface area contributed by atoms with Gasteiger partial charge in [-0.05, 0) is 205 Å². The molecular weight excluding hydrogens is 1410 g/mol. The minimum Gasteiger partial charge on any atom is -0.208 e. The van der Waals surface area contributed by atoms with Gasteiger partial charge in [0, 0.05) is 33.4 Å². The second-order valence-electron chi connectivity index (χ2n) is 30.0. The number of fused-ring (bicyclic) bond motifs is 24. The second-order valence-corrected chi connectivity index (χ2v) is 30.0. The standard InChI is InChI=1S/C57H34N4.C51H30N4/c58-35-36-27-29-37(30-28-36)41-31-42(33-43(32-41)56-60-54(38-15-3-1-4-16-38)59-55(61-56)39-17-5-2-6-18-39)48-34-40-19-7-8-20-44(40)53-52(48)47-23-11-14-26-51(47)57(53)49-24-12-9-21-45(49)46-22-10-13-25-50(46)57;52-31-32-27-36(29-37(28-32)50-54-48(33-15-3-1-4-16-33)53-49(55-50)34-17-5-2-6-18-34)42-30-35-19-7-8-20-38(35)47-46(42)41-23-11-14-26-45(41)51(47)43-24-12-9-21-39(43)40-22-10-13-25-44(40)51/h1-34H;1-30H. The van der Waals surface area contributed by atoms with Crippen LogP contribution in [0.1, 0.15) is 55.6 Å². The largest absolute Gasteiger partial charge is 0.208 e. The van der Waals surface area contributed by atoms with E-state index in [-0.39, 0.29) is 0 Å². The molecule has 2 heterocycles. The number of benzene rings is 17. The summed E-state index contributed by atoms with van der Waals surface area (Å²) in [5, 5.41) is 25.1. The van der Waals surface area contributed by atoms with Gasteiger partial charge in [-0.1, -0.05) is 328 Å². The summed E-state index contributed by atoms with van der Waals surface area (Å²) < 4.78 is 0. The number of nitrogens with zero attached hydrogens (tertiary/aromatic N) is 8. The van der Waals surface area contributed by atoms with Gasteiger partial charge in [0.05, 0.1) is 34.1 Å². The van der Waals surface area contributed by atoms with Crippen LogP contribution in [-0.2, 0) is 10.8 Å². The molecule has 23 rings (SSSR count). The van der Waals surface area contributed by atoms with Crippen LogP contribution in [0.3, 0.4) is 0 Å². The highest BCUT2D eigenvalue weighted by atomic mass is 15.0. The molecule has 19 aromatic rings. The van der Waals surface area contributed by atoms with E-state index in [9.17, 15) is 10.5 Å². The normalized spacial score (nSPS) is 12.8. The van der Waals surface area contributed by atoms with Crippen molar-refractivity contribution in [1.29, 1.82) is 10.5 Å². The Morgan fingerprint density at radius 1 is 0.190 bits per heavy atom. The first-order valence-corrected chi connectivity index (χ1v) is 39.1. The molecule has 0 saturated heterocycles. The molecule has 8 nitrogen and oxygen atoms in total. The molecule has 0 bridgehead atoms. The molecule has 4 aliphatic rings. The minimum absolute atomic E-state index is 0.513. The Morgan fingerprint density at radius 3 is 0.819 bits per heavy atom. The van der Waals surface area contributed by atoms with Crippen LogP contribution in [0, 0.1) is 22.7 Å². The van der Waals surface area contributed by atoms with E-state index < -0.39 is 10.8 Å². The summed E-state index contributed by atoms with van der Waals surface area (Å²) in [5.74, 6) is 3.46. The predicted molar refractivity (Wildman–Crippen MR) is 466 cm³/mol. The third-order valence-electron chi connectivity index (χ3n) is 23.8. The van der Waals surface area contributed by atoms with Crippen LogP contribution in [0.15, 0.2) is 388 Å². The molecule has 0 radical (unpaired) electrons. The van der Waals surface area contributed by atoms with Crippen LogP contribution in [0.25, 0.3) is 168 Å². The van der Waals surface area contributed by atoms with Gasteiger partial charge in [-0.25, -0.2) is 29.9 Å². The predicted octanol–water partition coefficient (Wildman–Crippen LogP) is 25.5. The van der Waals surface area contributed by atoms with E-state index in [1.165, 1.54) is 105 Å². The average molecular weight is 1470 g/mol. The lowest BCUT2D eigenvalue weighted by atomic mass is 9.69. The molecule has 2 aromatic heterocycles. The Labute approximate surface area is 670 Å². The van der Waals surface area contributed by atoms with Crippen molar-refractivity contribution in [2.75, 3.05) is 0 Å². The first-order valence-electron chi connectivity index (χ1n) is 39.1. The van der Waals surface area contributed by atoms with Gasteiger partial charge in [-0.2, -0.15) is 10.5 Å². The molecule has 0 aliphatic heterocycles. The van der Waals surface area contributed by atoms with Crippen LogP contribution in [0.4, 0.5) is 0 Å². The van der Waals surface area contributed by atoms with Crippen molar-refractivity contribution in [3.05, 3.63) is 444 Å². The van der Waals surface area contributed by atoms with Gasteiger partial charge >= 0.3 is 0 Å². The van der Waals surface area contributed by atoms with Crippen molar-refractivity contribution >= 4 is 21.5 Å². The minimum atomic E-state index is -0.522. The maximum Gasteiger partial charge on any atom is 0.164 e. The molecule has 0 fully saturated rings. The highest BCUT2D eigenvalue weighted by Gasteiger charge is 2.55. The number of nitriles is 2. The third kappa shape index (κ3) is 10.4. The van der Waals surface area contributed by atoms with E-state index in [1.54, 1.807) is 0 Å². The molecule has 0 unspecified atom stereocenters. The molecule has 0 saturated carbocycles. The molecule has 2 spiro atoms. The Kier molecular flexibility index (Phi) is 15.7. The lowest BCUT2D eigenvalue weighted by molar-refractivity contribution is 0.801. The van der Waals surface area contributed by atoms with Crippen molar-refractivity contribution in [2.45, 2.75) is 10.8 Å². The fourth-order valence-electron chi connectivity index (χ4n) is 19.1. The lowest BCUT2D eigenvalue weighted by Gasteiger charge is -2.31. The van der Waals surface area contributed by atoms with Gasteiger partial charge in [0.1, 0.15) is 0 Å². The van der Waals surface area contributed by atoms with Crippen LogP contribution >= 0.6 is 0 Å². The van der Waals surface area contributed by atoms with E-state index >= 15 is 0 Å². The Hall–Kier alpha value is -15.7. The molecule has 0 N–H and O–H groups in total. The molecule has 0 amide bonds. The van der Waals surface area contributed by atoms with Gasteiger partial charge in [0.2, 0.25) is 0 Å². The highest BCUT2D eigenvalue weighted by molar-refractivity contribution is 6.11. The summed E-state index contributed by atoms with van der Waals surface area (Å²) in [7, 11) is 0. The van der Waals surface area contributed by atoms with Gasteiger partial charge in [-0.3, -0.25) is 0 Å². The summed E-state index contributed by atoms with van der Waals surface area (Å²) in [5.41, 5.74) is 31.8. The van der Waals surface area contributed by atoms with E-state index in [0.717, 1.165) is 72.1 Å². The zero-order chi connectivity index (χ0) is 77.0. The SMILES string of the molecule is N#Cc1cc(-c2nc(-c3ccccc3)nc(-c3ccccc3)n2)cc(-c2cc3ccccc3c3c2-c2ccccc2C32c3ccccc3-c3ccccc32)c1.N#Cc1ccc(-c2cc(-c3nc(-c4ccccc4)nc(-c4ccccc4)n3)cc(-c3cc4ccccc4c4c3-c3ccccc3C43c4ccccc4-c4ccccc43)c2)cc1. The second kappa shape index (κ2) is 27.0. The van der Waals surface area contributed by atoms with E-state index in [2.05, 4.69) is 243 Å². The molecule has 4 aliphatic carbocycles. The van der Waals surface area contributed by atoms with Gasteiger partial charge < -0.3 is 0 Å². The van der Waals surface area contributed by atoms with Crippen molar-refractivity contribution in [2.24, 2.45) is 0 Å². The van der Waals surface area contributed by atoms with E-state index in [0.29, 0.717) is 46.1 Å². The zero-order valence-electron chi connectivity index (χ0n) is 62.5. The summed E-state index contributed by atoms with van der Waals surface area (Å²) in [6.07, 6.45) is 0. The highest BCUT2D eigenvalue weighted by Crippen LogP contribution is 2.68. The summed E-state index contributed by atoms with van der Waals surface area (Å²) in [6, 6.07) is 141. The summed E-state index contributed by atoms with van der Waals surface area (Å²) in [4.78, 5) is 30.4. The van der Waals surface area contributed by atoms with Crippen LogP contribution in [0.5, 0.6) is 0 Å². The van der Waals surface area contributed by atoms with Crippen molar-refractivity contribution in [3.63, 3.8) is 0 Å². The van der Waals surface area contributed by atoms with Crippen LogP contribution < -0.4 is 0 Å². The maximum atomic E-state index is 10.6. The zero-order valence-corrected chi connectivity index (χ0v) is 62.5. The summed E-state index contributed by atoms with van der Waals surface area (Å²) >= 11 is 0.